The first-order valence-electron chi connectivity index (χ1n) is 4.62. The van der Waals surface area contributed by atoms with Gasteiger partial charge in [-0.15, -0.1) is 5.10 Å². The molecule has 1 aromatic rings. The smallest absolute Gasteiger partial charge is 0.219 e. The van der Waals surface area contributed by atoms with E-state index in [2.05, 4.69) is 15.2 Å². The van der Waals surface area contributed by atoms with E-state index in [9.17, 15) is 0 Å². The fourth-order valence-electron chi connectivity index (χ4n) is 0.946. The number of nitrogens with two attached hydrogens (primary N) is 1. The Hall–Kier alpha value is -1.63. The van der Waals surface area contributed by atoms with Gasteiger partial charge in [-0.3, -0.25) is 0 Å². The Kier molecular flexibility index (Phi) is 4.04. The zero-order valence-corrected chi connectivity index (χ0v) is 8.79. The van der Waals surface area contributed by atoms with E-state index in [0.717, 1.165) is 0 Å². The fraction of sp³-hybridized carbons (Fsp3) is 0.625. The summed E-state index contributed by atoms with van der Waals surface area (Å²) < 4.78 is 6.92. The molecule has 0 amide bonds. The topological polar surface area (TPSA) is 98.6 Å². The van der Waals surface area contributed by atoms with Gasteiger partial charge in [-0.05, 0) is 13.8 Å². The SMILES string of the molecule is CC(C)OCCn1cnc(C(N)=NO)n1. The summed E-state index contributed by atoms with van der Waals surface area (Å²) >= 11 is 0. The zero-order chi connectivity index (χ0) is 11.3. The molecule has 0 aliphatic carbocycles. The number of hydrogen-bond donors (Lipinski definition) is 2. The van der Waals surface area contributed by atoms with E-state index >= 15 is 0 Å². The predicted octanol–water partition coefficient (Wildman–Crippen LogP) is -0.202. The molecule has 0 unspecified atom stereocenters. The van der Waals surface area contributed by atoms with Crippen LogP contribution in [0, 0.1) is 0 Å². The molecule has 0 spiro atoms. The first kappa shape index (κ1) is 11.4. The highest BCUT2D eigenvalue weighted by molar-refractivity contribution is 5.93. The predicted molar refractivity (Wildman–Crippen MR) is 53.6 cm³/mol. The lowest BCUT2D eigenvalue weighted by Crippen LogP contribution is -2.16. The summed E-state index contributed by atoms with van der Waals surface area (Å²) in [7, 11) is 0. The molecule has 15 heavy (non-hydrogen) atoms. The van der Waals surface area contributed by atoms with Gasteiger partial charge < -0.3 is 15.7 Å². The van der Waals surface area contributed by atoms with Gasteiger partial charge in [0.05, 0.1) is 19.3 Å². The Labute approximate surface area is 87.5 Å². The summed E-state index contributed by atoms with van der Waals surface area (Å²) in [5, 5.41) is 15.2. The third-order valence-electron chi connectivity index (χ3n) is 1.64. The second kappa shape index (κ2) is 5.30. The fourth-order valence-corrected chi connectivity index (χ4v) is 0.946. The minimum atomic E-state index is -0.0986. The van der Waals surface area contributed by atoms with Crippen LogP contribution in [-0.4, -0.2) is 38.5 Å². The highest BCUT2D eigenvalue weighted by atomic mass is 16.5. The van der Waals surface area contributed by atoms with Gasteiger partial charge in [-0.1, -0.05) is 5.16 Å². The maximum Gasteiger partial charge on any atom is 0.219 e. The van der Waals surface area contributed by atoms with Gasteiger partial charge in [0.25, 0.3) is 0 Å². The van der Waals surface area contributed by atoms with Crippen LogP contribution >= 0.6 is 0 Å². The number of ether oxygens (including phenoxy) is 1. The van der Waals surface area contributed by atoms with E-state index in [0.29, 0.717) is 13.2 Å². The number of hydrogen-bond acceptors (Lipinski definition) is 5. The highest BCUT2D eigenvalue weighted by Gasteiger charge is 2.05. The van der Waals surface area contributed by atoms with Gasteiger partial charge in [-0.25, -0.2) is 9.67 Å². The molecule has 84 valence electrons. The molecule has 0 aromatic carbocycles. The molecule has 0 aliphatic rings. The second-order valence-corrected chi connectivity index (χ2v) is 3.24. The highest BCUT2D eigenvalue weighted by Crippen LogP contribution is 1.92. The van der Waals surface area contributed by atoms with Gasteiger partial charge in [0.1, 0.15) is 6.33 Å². The van der Waals surface area contributed by atoms with Gasteiger partial charge >= 0.3 is 0 Å². The lowest BCUT2D eigenvalue weighted by molar-refractivity contribution is 0.0709. The molecule has 0 saturated carbocycles. The maximum absolute atomic E-state index is 8.40. The van der Waals surface area contributed by atoms with Crippen molar-refractivity contribution >= 4 is 5.84 Å². The summed E-state index contributed by atoms with van der Waals surface area (Å²) in [5.74, 6) is 0.112. The molecule has 3 N–H and O–H groups in total. The standard InChI is InChI=1S/C8H15N5O2/c1-6(2)15-4-3-13-5-10-8(11-13)7(9)12-14/h5-6,14H,3-4H2,1-2H3,(H2,9,12). The van der Waals surface area contributed by atoms with Gasteiger partial charge in [0.15, 0.2) is 0 Å². The quantitative estimate of drug-likeness (QED) is 0.305. The first-order chi connectivity index (χ1) is 7.13. The van der Waals surface area contributed by atoms with E-state index < -0.39 is 0 Å². The van der Waals surface area contributed by atoms with Gasteiger partial charge in [0, 0.05) is 0 Å². The summed E-state index contributed by atoms with van der Waals surface area (Å²) in [6, 6.07) is 0. The normalized spacial score (nSPS) is 12.3. The van der Waals surface area contributed by atoms with Crippen molar-refractivity contribution in [2.75, 3.05) is 6.61 Å². The average Bonchev–Trinajstić information content (AvgIpc) is 2.65. The molecule has 0 fully saturated rings. The number of rotatable bonds is 5. The Morgan fingerprint density at radius 3 is 3.07 bits per heavy atom. The van der Waals surface area contributed by atoms with Crippen LogP contribution in [0.15, 0.2) is 11.5 Å². The molecule has 0 atom stereocenters. The van der Waals surface area contributed by atoms with Crippen LogP contribution in [-0.2, 0) is 11.3 Å². The zero-order valence-electron chi connectivity index (χ0n) is 8.79. The lowest BCUT2D eigenvalue weighted by Gasteiger charge is -2.06. The maximum atomic E-state index is 8.40. The van der Waals surface area contributed by atoms with E-state index in [1.807, 2.05) is 13.8 Å². The van der Waals surface area contributed by atoms with E-state index in [1.165, 1.54) is 6.33 Å². The first-order valence-corrected chi connectivity index (χ1v) is 4.62. The third-order valence-corrected chi connectivity index (χ3v) is 1.64. The van der Waals surface area contributed by atoms with Gasteiger partial charge in [0.2, 0.25) is 11.7 Å². The molecule has 1 aromatic heterocycles. The molecule has 0 bridgehead atoms. The van der Waals surface area contributed by atoms with Crippen molar-refractivity contribution in [2.24, 2.45) is 10.9 Å². The third kappa shape index (κ3) is 3.55. The molecular weight excluding hydrogens is 198 g/mol. The Morgan fingerprint density at radius 2 is 2.47 bits per heavy atom. The Morgan fingerprint density at radius 1 is 1.73 bits per heavy atom. The summed E-state index contributed by atoms with van der Waals surface area (Å²) in [5.41, 5.74) is 5.31. The number of aromatic nitrogens is 3. The van der Waals surface area contributed by atoms with Crippen LogP contribution in [0.2, 0.25) is 0 Å². The average molecular weight is 213 g/mol. The van der Waals surface area contributed by atoms with Crippen molar-refractivity contribution in [1.82, 2.24) is 14.8 Å². The monoisotopic (exact) mass is 213 g/mol. The lowest BCUT2D eigenvalue weighted by atomic mass is 10.5. The van der Waals surface area contributed by atoms with Crippen LogP contribution in [0.25, 0.3) is 0 Å². The van der Waals surface area contributed by atoms with Crippen LogP contribution < -0.4 is 5.73 Å². The summed E-state index contributed by atoms with van der Waals surface area (Å²) in [6.45, 7) is 5.06. The van der Waals surface area contributed by atoms with Crippen molar-refractivity contribution in [1.29, 1.82) is 0 Å². The van der Waals surface area contributed by atoms with Crippen LogP contribution in [0.3, 0.4) is 0 Å². The summed E-state index contributed by atoms with van der Waals surface area (Å²) in [4.78, 5) is 3.87. The number of amidine groups is 1. The minimum Gasteiger partial charge on any atom is -0.409 e. The van der Waals surface area contributed by atoms with Crippen molar-refractivity contribution in [2.45, 2.75) is 26.5 Å². The van der Waals surface area contributed by atoms with Crippen molar-refractivity contribution < 1.29 is 9.94 Å². The molecule has 0 radical (unpaired) electrons. The van der Waals surface area contributed by atoms with Crippen molar-refractivity contribution in [3.63, 3.8) is 0 Å². The Balaban J connectivity index is 2.46. The molecule has 1 heterocycles. The van der Waals surface area contributed by atoms with Crippen LogP contribution in [0.5, 0.6) is 0 Å². The molecule has 7 heteroatoms. The van der Waals surface area contributed by atoms with Crippen LogP contribution in [0.4, 0.5) is 0 Å². The van der Waals surface area contributed by atoms with E-state index in [-0.39, 0.29) is 17.8 Å². The Bertz CT molecular complexity index is 334. The molecular formula is C8H15N5O2. The minimum absolute atomic E-state index is 0.0986. The van der Waals surface area contributed by atoms with Crippen molar-refractivity contribution in [3.8, 4) is 0 Å². The van der Waals surface area contributed by atoms with E-state index in [1.54, 1.807) is 4.68 Å². The number of oxime groups is 1. The molecule has 7 nitrogen and oxygen atoms in total. The van der Waals surface area contributed by atoms with E-state index in [4.69, 9.17) is 15.7 Å². The number of nitrogens with zero attached hydrogens (tertiary/aromatic N) is 4. The van der Waals surface area contributed by atoms with Gasteiger partial charge in [-0.2, -0.15) is 0 Å². The van der Waals surface area contributed by atoms with Crippen LogP contribution in [0.1, 0.15) is 19.7 Å². The second-order valence-electron chi connectivity index (χ2n) is 3.24. The molecule has 0 aliphatic heterocycles. The molecule has 0 saturated heterocycles. The van der Waals surface area contributed by atoms with Crippen molar-refractivity contribution in [3.05, 3.63) is 12.2 Å². The summed E-state index contributed by atoms with van der Waals surface area (Å²) in [6.07, 6.45) is 1.70. The largest absolute Gasteiger partial charge is 0.409 e. The molecule has 1 rings (SSSR count).